The van der Waals surface area contributed by atoms with Crippen LogP contribution in [-0.2, 0) is 17.6 Å². The average molecular weight is 359 g/mol. The molecule has 3 rings (SSSR count). The Kier molecular flexibility index (Phi) is 7.00. The lowest BCUT2D eigenvalue weighted by atomic mass is 9.88. The van der Waals surface area contributed by atoms with E-state index in [0.29, 0.717) is 11.6 Å². The molecule has 2 atom stereocenters. The van der Waals surface area contributed by atoms with Crippen molar-refractivity contribution in [3.8, 4) is 11.5 Å². The molecule has 2 aromatic carbocycles. The molecule has 0 saturated carbocycles. The Balaban J connectivity index is 0.000000197. The van der Waals surface area contributed by atoms with Gasteiger partial charge in [0.15, 0.2) is 11.5 Å². The van der Waals surface area contributed by atoms with Crippen LogP contribution in [0.25, 0.3) is 0 Å². The number of quaternary nitrogens is 1. The second kappa shape index (κ2) is 9.22. The first kappa shape index (κ1) is 19.8. The Bertz CT molecular complexity index is 732. The third-order valence-corrected chi connectivity index (χ3v) is 4.40. The van der Waals surface area contributed by atoms with Gasteiger partial charge in [0.05, 0.1) is 26.2 Å². The molecule has 0 radical (unpaired) electrons. The number of ether oxygens (including phenoxy) is 2. The van der Waals surface area contributed by atoms with Crippen molar-refractivity contribution in [3.05, 3.63) is 59.2 Å². The summed E-state index contributed by atoms with van der Waals surface area (Å²) in [5.74, 6) is 0.261. The zero-order chi connectivity index (χ0) is 19.1. The third kappa shape index (κ3) is 4.74. The van der Waals surface area contributed by atoms with E-state index in [-0.39, 0.29) is 0 Å². The summed E-state index contributed by atoms with van der Waals surface area (Å²) >= 11 is 0. The summed E-state index contributed by atoms with van der Waals surface area (Å²) in [4.78, 5) is 10.1. The maximum Gasteiger partial charge on any atom is 0.164 e. The number of carbonyl (C=O) groups excluding carboxylic acids is 1. The van der Waals surface area contributed by atoms with E-state index in [1.54, 1.807) is 32.4 Å². The van der Waals surface area contributed by atoms with Gasteiger partial charge in [0.2, 0.25) is 0 Å². The number of benzene rings is 2. The second-order valence-electron chi connectivity index (χ2n) is 6.18. The number of carbonyl (C=O) groups is 1. The van der Waals surface area contributed by atoms with E-state index in [0.717, 1.165) is 30.8 Å². The van der Waals surface area contributed by atoms with Crippen LogP contribution in [0.5, 0.6) is 11.5 Å². The molecule has 0 amide bonds. The molecule has 1 aliphatic rings. The summed E-state index contributed by atoms with van der Waals surface area (Å²) in [5, 5.41) is 19.1. The largest absolute Gasteiger partial charge is 0.547 e. The number of carboxylic acid groups (broad SMARTS) is 1. The molecular formula is C20H25NO5. The molecule has 0 bridgehead atoms. The highest BCUT2D eigenvalue weighted by molar-refractivity contribution is 5.71. The number of aliphatic carboxylic acids is 1. The molecule has 0 unspecified atom stereocenters. The number of aliphatic hydroxyl groups is 1. The minimum Gasteiger partial charge on any atom is -0.547 e. The van der Waals surface area contributed by atoms with Crippen molar-refractivity contribution in [3.63, 3.8) is 0 Å². The zero-order valence-corrected chi connectivity index (χ0v) is 15.1. The number of methoxy groups -OCH3 is 2. The van der Waals surface area contributed by atoms with Crippen LogP contribution in [0.3, 0.4) is 0 Å². The highest BCUT2D eigenvalue weighted by atomic mass is 16.5. The minimum atomic E-state index is -1.52. The molecule has 6 heteroatoms. The molecular weight excluding hydrogens is 334 g/mol. The van der Waals surface area contributed by atoms with Gasteiger partial charge in [-0.3, -0.25) is 0 Å². The highest BCUT2D eigenvalue weighted by Crippen LogP contribution is 2.36. The van der Waals surface area contributed by atoms with Crippen LogP contribution in [0.2, 0.25) is 0 Å². The standard InChI is InChI=1S/C12H17NO2.C8H8O3/c1-14-11-6-3-8-7-9(13)4-5-10(8)12(11)15-2;9-7(8(10)11)6-4-2-1-3-5-6/h3,6,9H,4-5,7,13H2,1-2H3;1-5,7,9H,(H,10,11)/t9-;7-/m00/s1. The number of aliphatic hydroxyl groups excluding tert-OH is 1. The van der Waals surface area contributed by atoms with Crippen LogP contribution in [0.4, 0.5) is 0 Å². The van der Waals surface area contributed by atoms with E-state index in [2.05, 4.69) is 11.8 Å². The van der Waals surface area contributed by atoms with Crippen molar-refractivity contribution in [2.45, 2.75) is 31.4 Å². The Morgan fingerprint density at radius 3 is 2.46 bits per heavy atom. The first-order chi connectivity index (χ1) is 12.5. The summed E-state index contributed by atoms with van der Waals surface area (Å²) < 4.78 is 10.7. The Hall–Kier alpha value is -2.57. The third-order valence-electron chi connectivity index (χ3n) is 4.40. The quantitative estimate of drug-likeness (QED) is 0.815. The number of hydrogen-bond donors (Lipinski definition) is 2. The monoisotopic (exact) mass is 359 g/mol. The zero-order valence-electron chi connectivity index (χ0n) is 15.1. The summed E-state index contributed by atoms with van der Waals surface area (Å²) in [7, 11) is 3.38. The van der Waals surface area contributed by atoms with Gasteiger partial charge in [-0.1, -0.05) is 36.4 Å². The van der Waals surface area contributed by atoms with Crippen LogP contribution >= 0.6 is 0 Å². The van der Waals surface area contributed by atoms with Gasteiger partial charge in [-0.2, -0.15) is 0 Å². The fourth-order valence-electron chi connectivity index (χ4n) is 3.03. The van der Waals surface area contributed by atoms with Gasteiger partial charge in [-0.05, 0) is 23.6 Å². The van der Waals surface area contributed by atoms with E-state index in [4.69, 9.17) is 14.6 Å². The maximum absolute atomic E-state index is 10.1. The molecule has 26 heavy (non-hydrogen) atoms. The lowest BCUT2D eigenvalue weighted by Crippen LogP contribution is -2.62. The van der Waals surface area contributed by atoms with Gasteiger partial charge >= 0.3 is 0 Å². The Morgan fingerprint density at radius 2 is 1.88 bits per heavy atom. The normalized spacial score (nSPS) is 16.5. The van der Waals surface area contributed by atoms with Gasteiger partial charge in [-0.15, -0.1) is 0 Å². The molecule has 6 nitrogen and oxygen atoms in total. The predicted molar refractivity (Wildman–Crippen MR) is 94.7 cm³/mol. The van der Waals surface area contributed by atoms with Gasteiger partial charge in [-0.25, -0.2) is 0 Å². The number of fused-ring (bicyclic) bond motifs is 1. The minimum absolute atomic E-state index is 0.340. The molecule has 0 aromatic heterocycles. The first-order valence-corrected chi connectivity index (χ1v) is 8.47. The van der Waals surface area contributed by atoms with Gasteiger partial charge in [0.1, 0.15) is 6.10 Å². The van der Waals surface area contributed by atoms with Crippen molar-refractivity contribution in [1.29, 1.82) is 0 Å². The van der Waals surface area contributed by atoms with Crippen molar-refractivity contribution in [2.75, 3.05) is 14.2 Å². The molecule has 140 valence electrons. The fourth-order valence-corrected chi connectivity index (χ4v) is 3.03. The van der Waals surface area contributed by atoms with Crippen LogP contribution in [0.15, 0.2) is 42.5 Å². The molecule has 2 aromatic rings. The van der Waals surface area contributed by atoms with Crippen LogP contribution < -0.4 is 20.3 Å². The average Bonchev–Trinajstić information content (AvgIpc) is 2.67. The maximum atomic E-state index is 10.1. The lowest BCUT2D eigenvalue weighted by molar-refractivity contribution is -0.421. The van der Waals surface area contributed by atoms with Crippen molar-refractivity contribution < 1.29 is 30.2 Å². The molecule has 0 spiro atoms. The molecule has 0 fully saturated rings. The Labute approximate surface area is 153 Å². The summed E-state index contributed by atoms with van der Waals surface area (Å²) in [6, 6.07) is 12.8. The topological polar surface area (TPSA) is 106 Å². The molecule has 0 heterocycles. The van der Waals surface area contributed by atoms with Crippen LogP contribution in [0.1, 0.15) is 29.2 Å². The summed E-state index contributed by atoms with van der Waals surface area (Å²) in [6.45, 7) is 0. The second-order valence-corrected chi connectivity index (χ2v) is 6.18. The van der Waals surface area contributed by atoms with Crippen LogP contribution in [0, 0.1) is 0 Å². The summed E-state index contributed by atoms with van der Waals surface area (Å²) in [6.07, 6.45) is 1.71. The van der Waals surface area contributed by atoms with Gasteiger partial charge in [0, 0.05) is 18.4 Å². The van der Waals surface area contributed by atoms with E-state index in [1.165, 1.54) is 23.3 Å². The van der Waals surface area contributed by atoms with E-state index in [1.807, 2.05) is 6.07 Å². The first-order valence-electron chi connectivity index (χ1n) is 8.47. The molecule has 0 saturated heterocycles. The fraction of sp³-hybridized carbons (Fsp3) is 0.350. The smallest absolute Gasteiger partial charge is 0.164 e. The SMILES string of the molecule is COc1ccc2c(c1OC)CC[C@H]([NH3+])C2.O=C([O-])[C@@H](O)c1ccccc1. The van der Waals surface area contributed by atoms with Crippen molar-refractivity contribution in [1.82, 2.24) is 0 Å². The summed E-state index contributed by atoms with van der Waals surface area (Å²) in [5.41, 5.74) is 7.13. The molecule has 0 aliphatic heterocycles. The molecule has 1 aliphatic carbocycles. The van der Waals surface area contributed by atoms with Gasteiger partial charge in [0.25, 0.3) is 0 Å². The number of hydrogen-bond acceptors (Lipinski definition) is 5. The van der Waals surface area contributed by atoms with E-state index in [9.17, 15) is 9.90 Å². The van der Waals surface area contributed by atoms with Crippen LogP contribution in [-0.4, -0.2) is 31.3 Å². The van der Waals surface area contributed by atoms with Crippen molar-refractivity contribution in [2.24, 2.45) is 0 Å². The van der Waals surface area contributed by atoms with Gasteiger partial charge < -0.3 is 30.2 Å². The van der Waals surface area contributed by atoms with E-state index < -0.39 is 12.1 Å². The highest BCUT2D eigenvalue weighted by Gasteiger charge is 2.22. The number of rotatable bonds is 4. The predicted octanol–water partition coefficient (Wildman–Crippen LogP) is 0.273. The lowest BCUT2D eigenvalue weighted by Gasteiger charge is -2.22. The Morgan fingerprint density at radius 1 is 1.19 bits per heavy atom. The van der Waals surface area contributed by atoms with Crippen molar-refractivity contribution >= 4 is 5.97 Å². The van der Waals surface area contributed by atoms with E-state index >= 15 is 0 Å². The number of carboxylic acids is 1. The molecule has 4 N–H and O–H groups in total.